The van der Waals surface area contributed by atoms with Crippen LogP contribution in [0.5, 0.6) is 0 Å². The second kappa shape index (κ2) is 5.68. The summed E-state index contributed by atoms with van der Waals surface area (Å²) in [6.45, 7) is 4.28. The number of hydrogen-bond acceptors (Lipinski definition) is 0. The highest BCUT2D eigenvalue weighted by molar-refractivity contribution is 6.08. The molecule has 0 amide bonds. The third kappa shape index (κ3) is 2.52. The fourth-order valence-corrected chi connectivity index (χ4v) is 3.42. The minimum absolute atomic E-state index is 1.23. The van der Waals surface area contributed by atoms with E-state index in [4.69, 9.17) is 0 Å². The van der Waals surface area contributed by atoms with Crippen molar-refractivity contribution in [3.8, 4) is 0 Å². The molecule has 3 aromatic carbocycles. The number of fused-ring (bicyclic) bond motifs is 3. The van der Waals surface area contributed by atoms with Gasteiger partial charge < -0.3 is 4.57 Å². The lowest BCUT2D eigenvalue weighted by Gasteiger charge is -1.99. The van der Waals surface area contributed by atoms with Crippen LogP contribution in [0.3, 0.4) is 0 Å². The maximum Gasteiger partial charge on any atom is 0.0489 e. The smallest absolute Gasteiger partial charge is 0.0489 e. The highest BCUT2D eigenvalue weighted by Gasteiger charge is 2.08. The zero-order chi connectivity index (χ0) is 16.7. The highest BCUT2D eigenvalue weighted by atomic mass is 14.9. The third-order valence-corrected chi connectivity index (χ3v) is 4.70. The third-order valence-electron chi connectivity index (χ3n) is 4.70. The van der Waals surface area contributed by atoms with Crippen molar-refractivity contribution in [3.05, 3.63) is 82.9 Å². The Bertz CT molecular complexity index is 1080. The van der Waals surface area contributed by atoms with Gasteiger partial charge in [0.15, 0.2) is 0 Å². The van der Waals surface area contributed by atoms with E-state index < -0.39 is 0 Å². The second-order valence-corrected chi connectivity index (χ2v) is 6.60. The van der Waals surface area contributed by atoms with E-state index in [1.165, 1.54) is 44.1 Å². The fraction of sp³-hybridized carbons (Fsp3) is 0.130. The molecule has 0 N–H and O–H groups in total. The lowest BCUT2D eigenvalue weighted by Crippen LogP contribution is -1.86. The largest absolute Gasteiger partial charge is 0.344 e. The number of hydrogen-bond donors (Lipinski definition) is 0. The van der Waals surface area contributed by atoms with E-state index in [0.717, 1.165) is 0 Å². The van der Waals surface area contributed by atoms with Gasteiger partial charge in [-0.25, -0.2) is 0 Å². The van der Waals surface area contributed by atoms with Gasteiger partial charge in [0.25, 0.3) is 0 Å². The van der Waals surface area contributed by atoms with Gasteiger partial charge in [-0.2, -0.15) is 0 Å². The Kier molecular flexibility index (Phi) is 3.50. The van der Waals surface area contributed by atoms with Crippen molar-refractivity contribution in [2.45, 2.75) is 13.8 Å². The summed E-state index contributed by atoms with van der Waals surface area (Å²) in [6.07, 6.45) is 4.38. The lowest BCUT2D eigenvalue weighted by molar-refractivity contribution is 1.01. The summed E-state index contributed by atoms with van der Waals surface area (Å²) >= 11 is 0. The average Bonchev–Trinajstić information content (AvgIpc) is 2.85. The molecule has 4 rings (SSSR count). The number of rotatable bonds is 2. The van der Waals surface area contributed by atoms with Gasteiger partial charge in [0, 0.05) is 28.9 Å². The van der Waals surface area contributed by atoms with Crippen LogP contribution >= 0.6 is 0 Å². The first-order valence-electron chi connectivity index (χ1n) is 8.35. The van der Waals surface area contributed by atoms with Crippen LogP contribution in [0.1, 0.15) is 22.3 Å². The normalized spacial score (nSPS) is 11.8. The molecular formula is C23H21N. The number of aryl methyl sites for hydroxylation is 3. The SMILES string of the molecule is Cc1cccc(C=Cc2ccc3c(c2)c2cc(C)ccc2n3C)c1. The molecule has 24 heavy (non-hydrogen) atoms. The minimum Gasteiger partial charge on any atom is -0.344 e. The van der Waals surface area contributed by atoms with Crippen molar-refractivity contribution in [1.82, 2.24) is 4.57 Å². The zero-order valence-electron chi connectivity index (χ0n) is 14.4. The predicted octanol–water partition coefficient (Wildman–Crippen LogP) is 6.12. The first kappa shape index (κ1) is 14.8. The Morgan fingerprint density at radius 1 is 0.667 bits per heavy atom. The Balaban J connectivity index is 1.83. The highest BCUT2D eigenvalue weighted by Crippen LogP contribution is 2.30. The van der Waals surface area contributed by atoms with Gasteiger partial charge in [0.1, 0.15) is 0 Å². The van der Waals surface area contributed by atoms with Crippen LogP contribution in [-0.2, 0) is 7.05 Å². The lowest BCUT2D eigenvalue weighted by atomic mass is 10.1. The molecule has 0 aliphatic heterocycles. The van der Waals surface area contributed by atoms with Crippen LogP contribution in [0.15, 0.2) is 60.7 Å². The molecule has 0 saturated heterocycles. The first-order valence-corrected chi connectivity index (χ1v) is 8.35. The zero-order valence-corrected chi connectivity index (χ0v) is 14.4. The Morgan fingerprint density at radius 3 is 2.04 bits per heavy atom. The molecule has 1 nitrogen and oxygen atoms in total. The van der Waals surface area contributed by atoms with Gasteiger partial charge in [-0.15, -0.1) is 0 Å². The predicted molar refractivity (Wildman–Crippen MR) is 105 cm³/mol. The van der Waals surface area contributed by atoms with Crippen molar-refractivity contribution < 1.29 is 0 Å². The monoisotopic (exact) mass is 311 g/mol. The Labute approximate surface area is 142 Å². The van der Waals surface area contributed by atoms with Crippen molar-refractivity contribution in [2.24, 2.45) is 7.05 Å². The minimum atomic E-state index is 1.23. The van der Waals surface area contributed by atoms with Crippen LogP contribution in [0.2, 0.25) is 0 Å². The topological polar surface area (TPSA) is 4.93 Å². The Morgan fingerprint density at radius 2 is 1.29 bits per heavy atom. The molecule has 0 saturated carbocycles. The molecule has 118 valence electrons. The van der Waals surface area contributed by atoms with E-state index in [1.54, 1.807) is 0 Å². The van der Waals surface area contributed by atoms with Gasteiger partial charge in [-0.1, -0.05) is 59.7 Å². The molecule has 0 atom stereocenters. The molecule has 0 bridgehead atoms. The standard InChI is InChI=1S/C23H21N/c1-16-5-4-6-18(13-16)8-9-19-10-12-23-21(15-19)20-14-17(2)7-11-22(20)24(23)3/h4-15H,1-3H3. The van der Waals surface area contributed by atoms with Gasteiger partial charge >= 0.3 is 0 Å². The van der Waals surface area contributed by atoms with Crippen LogP contribution in [0, 0.1) is 13.8 Å². The van der Waals surface area contributed by atoms with Gasteiger partial charge in [0.2, 0.25) is 0 Å². The van der Waals surface area contributed by atoms with Gasteiger partial charge in [-0.3, -0.25) is 0 Å². The van der Waals surface area contributed by atoms with Crippen molar-refractivity contribution in [2.75, 3.05) is 0 Å². The average molecular weight is 311 g/mol. The molecule has 1 aromatic heterocycles. The fourth-order valence-electron chi connectivity index (χ4n) is 3.42. The summed E-state index contributed by atoms with van der Waals surface area (Å²) in [5, 5.41) is 2.65. The van der Waals surface area contributed by atoms with Crippen LogP contribution < -0.4 is 0 Å². The van der Waals surface area contributed by atoms with E-state index in [2.05, 4.69) is 98.3 Å². The van der Waals surface area contributed by atoms with Crippen molar-refractivity contribution in [3.63, 3.8) is 0 Å². The molecule has 1 heterocycles. The maximum absolute atomic E-state index is 2.30. The summed E-state index contributed by atoms with van der Waals surface area (Å²) in [7, 11) is 2.14. The quantitative estimate of drug-likeness (QED) is 0.393. The van der Waals surface area contributed by atoms with Crippen molar-refractivity contribution >= 4 is 34.0 Å². The second-order valence-electron chi connectivity index (χ2n) is 6.60. The molecule has 0 unspecified atom stereocenters. The van der Waals surface area contributed by atoms with E-state index in [0.29, 0.717) is 0 Å². The molecule has 0 aliphatic carbocycles. The molecule has 4 aromatic rings. The van der Waals surface area contributed by atoms with Gasteiger partial charge in [0.05, 0.1) is 0 Å². The van der Waals surface area contributed by atoms with Gasteiger partial charge in [-0.05, 0) is 49.2 Å². The van der Waals surface area contributed by atoms with E-state index >= 15 is 0 Å². The van der Waals surface area contributed by atoms with E-state index in [1.807, 2.05) is 0 Å². The van der Waals surface area contributed by atoms with Crippen molar-refractivity contribution in [1.29, 1.82) is 0 Å². The summed E-state index contributed by atoms with van der Waals surface area (Å²) in [5.74, 6) is 0. The molecule has 0 radical (unpaired) electrons. The van der Waals surface area contributed by atoms with Crippen LogP contribution in [0.25, 0.3) is 34.0 Å². The molecule has 0 spiro atoms. The van der Waals surface area contributed by atoms with Crippen LogP contribution in [0.4, 0.5) is 0 Å². The maximum atomic E-state index is 2.30. The molecule has 1 heteroatoms. The number of nitrogens with zero attached hydrogens (tertiary/aromatic N) is 1. The summed E-state index contributed by atoms with van der Waals surface area (Å²) < 4.78 is 2.28. The molecule has 0 aliphatic rings. The van der Waals surface area contributed by atoms with Crippen LogP contribution in [-0.4, -0.2) is 4.57 Å². The Hall–Kier alpha value is -2.80. The number of benzene rings is 3. The summed E-state index contributed by atoms with van der Waals surface area (Å²) in [6, 6.07) is 22.0. The van der Waals surface area contributed by atoms with E-state index in [9.17, 15) is 0 Å². The number of aromatic nitrogens is 1. The molecular weight excluding hydrogens is 290 g/mol. The first-order chi connectivity index (χ1) is 11.6. The summed E-state index contributed by atoms with van der Waals surface area (Å²) in [4.78, 5) is 0. The van der Waals surface area contributed by atoms with E-state index in [-0.39, 0.29) is 0 Å². The molecule has 0 fully saturated rings. The summed E-state index contributed by atoms with van der Waals surface area (Å²) in [5.41, 5.74) is 7.63.